The maximum Gasteiger partial charge on any atom is 0.244 e. The number of amides is 1. The highest BCUT2D eigenvalue weighted by molar-refractivity contribution is 7.89. The quantitative estimate of drug-likeness (QED) is 0.756. The van der Waals surface area contributed by atoms with Gasteiger partial charge in [0.25, 0.3) is 0 Å². The third kappa shape index (κ3) is 5.27. The average Bonchev–Trinajstić information content (AvgIpc) is 2.72. The van der Waals surface area contributed by atoms with Gasteiger partial charge in [-0.1, -0.05) is 30.3 Å². The Hall–Kier alpha value is -2.51. The van der Waals surface area contributed by atoms with Gasteiger partial charge in [0.15, 0.2) is 0 Å². The molecule has 1 amide bonds. The fourth-order valence-corrected chi connectivity index (χ4v) is 4.67. The summed E-state index contributed by atoms with van der Waals surface area (Å²) in [6.45, 7) is 1.37. The van der Waals surface area contributed by atoms with E-state index in [4.69, 9.17) is 0 Å². The van der Waals surface area contributed by atoms with E-state index in [1.165, 1.54) is 22.5 Å². The predicted molar refractivity (Wildman–Crippen MR) is 106 cm³/mol. The van der Waals surface area contributed by atoms with Crippen LogP contribution in [-0.2, 0) is 14.8 Å². The van der Waals surface area contributed by atoms with Crippen molar-refractivity contribution in [3.8, 4) is 0 Å². The zero-order valence-electron chi connectivity index (χ0n) is 15.4. The molecule has 0 aromatic heterocycles. The first-order valence-corrected chi connectivity index (χ1v) is 10.7. The zero-order chi connectivity index (χ0) is 20.0. The molecule has 0 unspecified atom stereocenters. The van der Waals surface area contributed by atoms with Gasteiger partial charge in [0.2, 0.25) is 15.9 Å². The Bertz CT molecular complexity index is 937. The van der Waals surface area contributed by atoms with E-state index in [0.29, 0.717) is 42.9 Å². The molecule has 1 fully saturated rings. The Balaban J connectivity index is 1.46. The van der Waals surface area contributed by atoms with Crippen molar-refractivity contribution in [2.45, 2.75) is 17.7 Å². The summed E-state index contributed by atoms with van der Waals surface area (Å²) in [5.74, 6) is -0.364. The topological polar surface area (TPSA) is 66.5 Å². The fraction of sp³-hybridized carbons (Fsp3) is 0.286. The third-order valence-corrected chi connectivity index (χ3v) is 6.71. The van der Waals surface area contributed by atoms with E-state index in [0.717, 1.165) is 0 Å². The molecule has 0 atom stereocenters. The highest BCUT2D eigenvalue weighted by Gasteiger charge is 2.29. The lowest BCUT2D eigenvalue weighted by Gasteiger charge is -2.31. The fourth-order valence-electron chi connectivity index (χ4n) is 3.18. The molecule has 28 heavy (non-hydrogen) atoms. The average molecular weight is 402 g/mol. The summed E-state index contributed by atoms with van der Waals surface area (Å²) in [6, 6.07) is 14.4. The van der Waals surface area contributed by atoms with Crippen molar-refractivity contribution in [1.29, 1.82) is 0 Å². The molecule has 3 rings (SSSR count). The smallest absolute Gasteiger partial charge is 0.244 e. The monoisotopic (exact) mass is 402 g/mol. The van der Waals surface area contributed by atoms with E-state index in [2.05, 4.69) is 5.32 Å². The van der Waals surface area contributed by atoms with E-state index in [-0.39, 0.29) is 17.6 Å². The summed E-state index contributed by atoms with van der Waals surface area (Å²) in [7, 11) is -3.46. The number of hydrogen-bond donors (Lipinski definition) is 1. The predicted octanol–water partition coefficient (Wildman–Crippen LogP) is 3.06. The number of nitrogens with zero attached hydrogens (tertiary/aromatic N) is 1. The number of hydrogen-bond acceptors (Lipinski definition) is 3. The van der Waals surface area contributed by atoms with Crippen LogP contribution in [0.4, 0.5) is 4.39 Å². The second-order valence-corrected chi connectivity index (χ2v) is 8.73. The van der Waals surface area contributed by atoms with Crippen molar-refractivity contribution in [2.75, 3.05) is 19.6 Å². The number of piperidine rings is 1. The minimum atomic E-state index is -3.46. The molecule has 0 bridgehead atoms. The van der Waals surface area contributed by atoms with Crippen molar-refractivity contribution in [1.82, 2.24) is 9.62 Å². The van der Waals surface area contributed by atoms with Crippen molar-refractivity contribution in [3.63, 3.8) is 0 Å². The first kappa shape index (κ1) is 20.2. The standard InChI is InChI=1S/C21H23FN2O3S/c22-19-6-4-5-17(15-19)9-10-21(25)23-16-18-11-13-24(14-12-18)28(26,27)20-7-2-1-3-8-20/h1-10,15,18H,11-14,16H2,(H,23,25)/b10-9+. The molecular weight excluding hydrogens is 379 g/mol. The van der Waals surface area contributed by atoms with Crippen molar-refractivity contribution in [3.05, 3.63) is 72.1 Å². The molecule has 1 heterocycles. The number of halogens is 1. The molecule has 0 saturated carbocycles. The first-order chi connectivity index (χ1) is 13.4. The van der Waals surface area contributed by atoms with Crippen LogP contribution < -0.4 is 5.32 Å². The zero-order valence-corrected chi connectivity index (χ0v) is 16.2. The Morgan fingerprint density at radius 3 is 2.50 bits per heavy atom. The van der Waals surface area contributed by atoms with Gasteiger partial charge in [0, 0.05) is 25.7 Å². The van der Waals surface area contributed by atoms with Crippen molar-refractivity contribution < 1.29 is 17.6 Å². The summed E-state index contributed by atoms with van der Waals surface area (Å²) >= 11 is 0. The Morgan fingerprint density at radius 2 is 1.82 bits per heavy atom. The van der Waals surface area contributed by atoms with Crippen molar-refractivity contribution in [2.24, 2.45) is 5.92 Å². The first-order valence-electron chi connectivity index (χ1n) is 9.22. The second-order valence-electron chi connectivity index (χ2n) is 6.79. The Labute approximate surface area is 164 Å². The minimum absolute atomic E-state index is 0.230. The van der Waals surface area contributed by atoms with Gasteiger partial charge < -0.3 is 5.32 Å². The molecule has 1 saturated heterocycles. The molecule has 0 aliphatic carbocycles. The van der Waals surface area contributed by atoms with Crippen LogP contribution in [0.25, 0.3) is 6.08 Å². The summed E-state index contributed by atoms with van der Waals surface area (Å²) in [4.78, 5) is 12.3. The molecule has 2 aromatic rings. The summed E-state index contributed by atoms with van der Waals surface area (Å²) in [6.07, 6.45) is 4.33. The largest absolute Gasteiger partial charge is 0.352 e. The minimum Gasteiger partial charge on any atom is -0.352 e. The molecule has 5 nitrogen and oxygen atoms in total. The molecule has 1 aliphatic heterocycles. The van der Waals surface area contributed by atoms with Crippen LogP contribution in [0.15, 0.2) is 65.6 Å². The maximum absolute atomic E-state index is 13.1. The molecule has 0 radical (unpaired) electrons. The van der Waals surface area contributed by atoms with E-state index in [1.54, 1.807) is 48.5 Å². The second kappa shape index (κ2) is 9.12. The van der Waals surface area contributed by atoms with Gasteiger partial charge in [-0.2, -0.15) is 4.31 Å². The lowest BCUT2D eigenvalue weighted by atomic mass is 9.98. The number of nitrogens with one attached hydrogen (secondary N) is 1. The van der Waals surface area contributed by atoms with E-state index >= 15 is 0 Å². The van der Waals surface area contributed by atoms with Crippen molar-refractivity contribution >= 4 is 22.0 Å². The van der Waals surface area contributed by atoms with E-state index in [1.807, 2.05) is 0 Å². The van der Waals surface area contributed by atoms with Gasteiger partial charge in [0.05, 0.1) is 4.90 Å². The number of carbonyl (C=O) groups is 1. The van der Waals surface area contributed by atoms with Crippen LogP contribution >= 0.6 is 0 Å². The molecule has 7 heteroatoms. The van der Waals surface area contributed by atoms with Gasteiger partial charge in [-0.15, -0.1) is 0 Å². The van der Waals surface area contributed by atoms with E-state index in [9.17, 15) is 17.6 Å². The maximum atomic E-state index is 13.1. The number of benzene rings is 2. The van der Waals surface area contributed by atoms with Gasteiger partial charge in [-0.25, -0.2) is 12.8 Å². The molecular formula is C21H23FN2O3S. The summed E-state index contributed by atoms with van der Waals surface area (Å²) < 4.78 is 39.9. The Kier molecular flexibility index (Phi) is 6.59. The van der Waals surface area contributed by atoms with Crippen LogP contribution in [0.5, 0.6) is 0 Å². The number of rotatable bonds is 6. The van der Waals surface area contributed by atoms with E-state index < -0.39 is 10.0 Å². The molecule has 148 valence electrons. The highest BCUT2D eigenvalue weighted by atomic mass is 32.2. The van der Waals surface area contributed by atoms with Gasteiger partial charge in [-0.3, -0.25) is 4.79 Å². The highest BCUT2D eigenvalue weighted by Crippen LogP contribution is 2.23. The summed E-state index contributed by atoms with van der Waals surface area (Å²) in [5.41, 5.74) is 0.620. The van der Waals surface area contributed by atoms with Crippen LogP contribution in [0, 0.1) is 11.7 Å². The summed E-state index contributed by atoms with van der Waals surface area (Å²) in [5, 5.41) is 2.84. The van der Waals surface area contributed by atoms with Crippen LogP contribution in [0.1, 0.15) is 18.4 Å². The number of sulfonamides is 1. The van der Waals surface area contributed by atoms with Gasteiger partial charge in [-0.05, 0) is 54.7 Å². The van der Waals surface area contributed by atoms with Crippen LogP contribution in [0.2, 0.25) is 0 Å². The van der Waals surface area contributed by atoms with Crippen LogP contribution in [0.3, 0.4) is 0 Å². The lowest BCUT2D eigenvalue weighted by molar-refractivity contribution is -0.116. The third-order valence-electron chi connectivity index (χ3n) is 4.80. The Morgan fingerprint density at radius 1 is 1.11 bits per heavy atom. The van der Waals surface area contributed by atoms with Gasteiger partial charge >= 0.3 is 0 Å². The lowest BCUT2D eigenvalue weighted by Crippen LogP contribution is -2.41. The molecule has 2 aromatic carbocycles. The normalized spacial score (nSPS) is 16.3. The number of carbonyl (C=O) groups excluding carboxylic acids is 1. The van der Waals surface area contributed by atoms with Gasteiger partial charge in [0.1, 0.15) is 5.82 Å². The SMILES string of the molecule is O=C(/C=C/c1cccc(F)c1)NCC1CCN(S(=O)(=O)c2ccccc2)CC1. The molecule has 1 aliphatic rings. The van der Waals surface area contributed by atoms with Crippen LogP contribution in [-0.4, -0.2) is 38.3 Å². The molecule has 0 spiro atoms. The molecule has 1 N–H and O–H groups in total.